The first-order valence-electron chi connectivity index (χ1n) is 10.2. The van der Waals surface area contributed by atoms with Gasteiger partial charge in [0, 0.05) is 23.9 Å². The molecule has 1 aliphatic carbocycles. The van der Waals surface area contributed by atoms with Gasteiger partial charge in [-0.2, -0.15) is 0 Å². The Labute approximate surface area is 159 Å². The van der Waals surface area contributed by atoms with Crippen LogP contribution < -0.4 is 10.1 Å². The molecule has 0 bridgehead atoms. The van der Waals surface area contributed by atoms with Crippen LogP contribution in [0.5, 0.6) is 5.75 Å². The number of carbonyl (C=O) groups excluding carboxylic acids is 1. The highest BCUT2D eigenvalue weighted by molar-refractivity contribution is 5.96. The van der Waals surface area contributed by atoms with E-state index in [1.54, 1.807) is 0 Å². The van der Waals surface area contributed by atoms with E-state index < -0.39 is 0 Å². The van der Waals surface area contributed by atoms with Crippen molar-refractivity contribution in [3.05, 3.63) is 36.0 Å². The smallest absolute Gasteiger partial charge is 0.160 e. The van der Waals surface area contributed by atoms with Crippen LogP contribution in [-0.2, 0) is 4.79 Å². The van der Waals surface area contributed by atoms with Crippen molar-refractivity contribution in [3.8, 4) is 5.75 Å². The molecule has 0 aliphatic heterocycles. The predicted octanol–water partition coefficient (Wildman–Crippen LogP) is 6.36. The average molecular weight is 358 g/mol. The highest BCUT2D eigenvalue weighted by Crippen LogP contribution is 2.41. The summed E-state index contributed by atoms with van der Waals surface area (Å²) in [6, 6.07) is 7.98. The number of unbranched alkanes of at least 4 members (excludes halogenated alkanes) is 2. The van der Waals surface area contributed by atoms with Crippen molar-refractivity contribution in [3.63, 3.8) is 0 Å². The van der Waals surface area contributed by atoms with Gasteiger partial charge in [-0.15, -0.1) is 0 Å². The van der Waals surface area contributed by atoms with Gasteiger partial charge in [-0.05, 0) is 54.9 Å². The molecule has 1 aromatic rings. The fourth-order valence-electron chi connectivity index (χ4n) is 3.40. The number of allylic oxidation sites excluding steroid dienone is 1. The number of hydrogen-bond donors (Lipinski definition) is 1. The highest BCUT2D eigenvalue weighted by atomic mass is 16.5. The summed E-state index contributed by atoms with van der Waals surface area (Å²) in [5.74, 6) is 1.77. The Balaban J connectivity index is 1.92. The fraction of sp³-hybridized carbons (Fsp3) is 0.609. The van der Waals surface area contributed by atoms with Gasteiger partial charge in [0.15, 0.2) is 5.78 Å². The summed E-state index contributed by atoms with van der Waals surface area (Å²) in [6.07, 6.45) is 9.13. The van der Waals surface area contributed by atoms with E-state index in [0.29, 0.717) is 12.3 Å². The van der Waals surface area contributed by atoms with Crippen LogP contribution in [0.25, 0.3) is 0 Å². The lowest BCUT2D eigenvalue weighted by molar-refractivity contribution is -0.117. The zero-order chi connectivity index (χ0) is 19.0. The SMILES string of the molecule is CCCCCOc1ccc(N/C=C2\C[C@@H](C(C)(C)CC)CCC2=O)cc1. The van der Waals surface area contributed by atoms with Gasteiger partial charge >= 0.3 is 0 Å². The van der Waals surface area contributed by atoms with Gasteiger partial charge in [0.05, 0.1) is 6.61 Å². The maximum absolute atomic E-state index is 12.3. The van der Waals surface area contributed by atoms with Crippen LogP contribution >= 0.6 is 0 Å². The van der Waals surface area contributed by atoms with E-state index in [2.05, 4.69) is 33.0 Å². The Morgan fingerprint density at radius 3 is 2.58 bits per heavy atom. The molecule has 1 N–H and O–H groups in total. The first kappa shape index (κ1) is 20.5. The molecule has 0 unspecified atom stereocenters. The molecule has 0 heterocycles. The zero-order valence-electron chi connectivity index (χ0n) is 16.9. The fourth-order valence-corrected chi connectivity index (χ4v) is 3.40. The third-order valence-corrected chi connectivity index (χ3v) is 5.84. The topological polar surface area (TPSA) is 38.3 Å². The summed E-state index contributed by atoms with van der Waals surface area (Å²) in [4.78, 5) is 12.3. The van der Waals surface area contributed by atoms with Crippen LogP contribution in [-0.4, -0.2) is 12.4 Å². The number of Topliss-reactive ketones (excluding diaryl/α,β-unsaturated/α-hetero) is 1. The van der Waals surface area contributed by atoms with E-state index in [4.69, 9.17) is 4.74 Å². The van der Waals surface area contributed by atoms with Crippen LogP contribution in [0.4, 0.5) is 5.69 Å². The van der Waals surface area contributed by atoms with Gasteiger partial charge in [0.25, 0.3) is 0 Å². The molecule has 1 atom stereocenters. The van der Waals surface area contributed by atoms with Crippen molar-refractivity contribution in [2.24, 2.45) is 11.3 Å². The van der Waals surface area contributed by atoms with E-state index in [0.717, 1.165) is 49.3 Å². The molecule has 1 fully saturated rings. The second-order valence-corrected chi connectivity index (χ2v) is 8.10. The standard InChI is InChI=1S/C23H35NO2/c1-5-7-8-15-26-21-12-10-20(11-13-21)24-17-18-16-19(9-14-22(18)25)23(3,4)6-2/h10-13,17,19,24H,5-9,14-16H2,1-4H3/b18-17+/t19-/m0/s1. The van der Waals surface area contributed by atoms with Gasteiger partial charge in [-0.1, -0.05) is 47.0 Å². The van der Waals surface area contributed by atoms with Gasteiger partial charge < -0.3 is 10.1 Å². The van der Waals surface area contributed by atoms with E-state index in [9.17, 15) is 4.79 Å². The summed E-state index contributed by atoms with van der Waals surface area (Å²) in [7, 11) is 0. The van der Waals surface area contributed by atoms with E-state index in [-0.39, 0.29) is 11.2 Å². The van der Waals surface area contributed by atoms with Gasteiger partial charge in [0.2, 0.25) is 0 Å². The van der Waals surface area contributed by atoms with Crippen molar-refractivity contribution in [1.29, 1.82) is 0 Å². The Morgan fingerprint density at radius 2 is 1.92 bits per heavy atom. The van der Waals surface area contributed by atoms with Crippen LogP contribution in [0.2, 0.25) is 0 Å². The third kappa shape index (κ3) is 5.89. The van der Waals surface area contributed by atoms with Gasteiger partial charge in [-0.3, -0.25) is 4.79 Å². The van der Waals surface area contributed by atoms with E-state index in [1.807, 2.05) is 30.5 Å². The molecule has 0 spiro atoms. The number of carbonyl (C=O) groups is 1. The first-order chi connectivity index (χ1) is 12.5. The molecule has 0 amide bonds. The third-order valence-electron chi connectivity index (χ3n) is 5.84. The zero-order valence-corrected chi connectivity index (χ0v) is 16.9. The normalized spacial score (nSPS) is 19.6. The lowest BCUT2D eigenvalue weighted by Gasteiger charge is -2.36. The first-order valence-corrected chi connectivity index (χ1v) is 10.2. The molecular weight excluding hydrogens is 322 g/mol. The average Bonchev–Trinajstić information content (AvgIpc) is 2.65. The Morgan fingerprint density at radius 1 is 1.19 bits per heavy atom. The van der Waals surface area contributed by atoms with Crippen molar-refractivity contribution >= 4 is 11.5 Å². The van der Waals surface area contributed by atoms with Crippen molar-refractivity contribution in [2.45, 2.75) is 72.6 Å². The Kier molecular flexibility index (Phi) is 7.74. The highest BCUT2D eigenvalue weighted by Gasteiger charge is 2.33. The minimum atomic E-state index is 0.288. The number of nitrogens with one attached hydrogen (secondary N) is 1. The summed E-state index contributed by atoms with van der Waals surface area (Å²) in [5.41, 5.74) is 2.21. The lowest BCUT2D eigenvalue weighted by atomic mass is 9.68. The quantitative estimate of drug-likeness (QED) is 0.413. The minimum absolute atomic E-state index is 0.288. The number of anilines is 1. The van der Waals surface area contributed by atoms with Crippen molar-refractivity contribution in [2.75, 3.05) is 11.9 Å². The molecule has 3 heteroatoms. The minimum Gasteiger partial charge on any atom is -0.494 e. The summed E-state index contributed by atoms with van der Waals surface area (Å²) >= 11 is 0. The van der Waals surface area contributed by atoms with Crippen molar-refractivity contribution < 1.29 is 9.53 Å². The molecule has 2 rings (SSSR count). The molecule has 1 aromatic carbocycles. The Hall–Kier alpha value is -1.77. The molecule has 0 saturated heterocycles. The van der Waals surface area contributed by atoms with E-state index in [1.165, 1.54) is 12.8 Å². The molecular formula is C23H35NO2. The van der Waals surface area contributed by atoms with Crippen LogP contribution in [0, 0.1) is 11.3 Å². The van der Waals surface area contributed by atoms with Crippen LogP contribution in [0.3, 0.4) is 0 Å². The molecule has 1 aliphatic rings. The Bertz CT molecular complexity index is 601. The maximum Gasteiger partial charge on any atom is 0.160 e. The number of hydrogen-bond acceptors (Lipinski definition) is 3. The molecule has 1 saturated carbocycles. The second-order valence-electron chi connectivity index (χ2n) is 8.10. The number of benzene rings is 1. The molecule has 26 heavy (non-hydrogen) atoms. The van der Waals surface area contributed by atoms with Gasteiger partial charge in [0.1, 0.15) is 5.75 Å². The van der Waals surface area contributed by atoms with E-state index >= 15 is 0 Å². The predicted molar refractivity (Wildman–Crippen MR) is 110 cm³/mol. The lowest BCUT2D eigenvalue weighted by Crippen LogP contribution is -2.29. The van der Waals surface area contributed by atoms with Crippen LogP contribution in [0.1, 0.15) is 72.6 Å². The number of ketones is 1. The summed E-state index contributed by atoms with van der Waals surface area (Å²) in [6.45, 7) is 9.84. The maximum atomic E-state index is 12.3. The summed E-state index contributed by atoms with van der Waals surface area (Å²) < 4.78 is 5.74. The van der Waals surface area contributed by atoms with Gasteiger partial charge in [-0.25, -0.2) is 0 Å². The van der Waals surface area contributed by atoms with Crippen LogP contribution in [0.15, 0.2) is 36.0 Å². The second kappa shape index (κ2) is 9.80. The number of ether oxygens (including phenoxy) is 1. The largest absolute Gasteiger partial charge is 0.494 e. The molecule has 0 radical (unpaired) electrons. The summed E-state index contributed by atoms with van der Waals surface area (Å²) in [5, 5.41) is 3.30. The molecule has 0 aromatic heterocycles. The molecule has 144 valence electrons. The monoisotopic (exact) mass is 357 g/mol. The number of rotatable bonds is 9. The molecule has 3 nitrogen and oxygen atoms in total. The van der Waals surface area contributed by atoms with Crippen molar-refractivity contribution in [1.82, 2.24) is 0 Å².